The van der Waals surface area contributed by atoms with E-state index in [1.54, 1.807) is 12.1 Å². The number of aryl methyl sites for hydroxylation is 1. The molecular formula is C22H25FN4. The van der Waals surface area contributed by atoms with Crippen molar-refractivity contribution >= 4 is 0 Å². The lowest BCUT2D eigenvalue weighted by molar-refractivity contribution is 0.203. The largest absolute Gasteiger partial charge is 0.299 e. The van der Waals surface area contributed by atoms with Crippen molar-refractivity contribution in [1.82, 2.24) is 19.9 Å². The molecule has 27 heavy (non-hydrogen) atoms. The average Bonchev–Trinajstić information content (AvgIpc) is 3.13. The number of benzene rings is 2. The van der Waals surface area contributed by atoms with Gasteiger partial charge in [0.15, 0.2) is 0 Å². The maximum atomic E-state index is 13.3. The Morgan fingerprint density at radius 1 is 1.04 bits per heavy atom. The van der Waals surface area contributed by atoms with E-state index in [-0.39, 0.29) is 5.82 Å². The van der Waals surface area contributed by atoms with E-state index < -0.39 is 0 Å². The molecule has 3 aromatic rings. The Morgan fingerprint density at radius 2 is 1.85 bits per heavy atom. The van der Waals surface area contributed by atoms with Gasteiger partial charge in [-0.15, -0.1) is 5.10 Å². The average molecular weight is 364 g/mol. The number of piperidine rings is 1. The van der Waals surface area contributed by atoms with Crippen molar-refractivity contribution in [3.8, 4) is 0 Å². The van der Waals surface area contributed by atoms with E-state index in [9.17, 15) is 4.39 Å². The summed E-state index contributed by atoms with van der Waals surface area (Å²) in [6, 6.07) is 15.3. The zero-order chi connectivity index (χ0) is 18.6. The van der Waals surface area contributed by atoms with E-state index in [1.165, 1.54) is 17.2 Å². The number of nitrogens with zero attached hydrogens (tertiary/aromatic N) is 4. The van der Waals surface area contributed by atoms with Gasteiger partial charge in [0.2, 0.25) is 0 Å². The summed E-state index contributed by atoms with van der Waals surface area (Å²) in [5, 5.41) is 8.63. The zero-order valence-electron chi connectivity index (χ0n) is 15.7. The number of halogens is 1. The summed E-state index contributed by atoms with van der Waals surface area (Å²) < 4.78 is 15.1. The van der Waals surface area contributed by atoms with Gasteiger partial charge in [0.1, 0.15) is 5.82 Å². The van der Waals surface area contributed by atoms with Gasteiger partial charge in [0.05, 0.1) is 12.2 Å². The number of aromatic nitrogens is 3. The fourth-order valence-electron chi connectivity index (χ4n) is 3.82. The molecule has 1 aliphatic heterocycles. The Bertz CT molecular complexity index is 897. The van der Waals surface area contributed by atoms with Crippen molar-refractivity contribution < 1.29 is 4.39 Å². The van der Waals surface area contributed by atoms with E-state index in [0.717, 1.165) is 43.7 Å². The minimum atomic E-state index is -0.214. The van der Waals surface area contributed by atoms with Gasteiger partial charge in [0, 0.05) is 18.7 Å². The maximum Gasteiger partial charge on any atom is 0.123 e. The molecular weight excluding hydrogens is 339 g/mol. The summed E-state index contributed by atoms with van der Waals surface area (Å²) in [6.07, 6.45) is 4.22. The maximum absolute atomic E-state index is 13.3. The molecule has 0 aliphatic carbocycles. The first-order valence-electron chi connectivity index (χ1n) is 9.59. The van der Waals surface area contributed by atoms with Crippen molar-refractivity contribution in [3.05, 3.63) is 82.9 Å². The molecule has 0 unspecified atom stereocenters. The second-order valence-corrected chi connectivity index (χ2v) is 7.45. The predicted octanol–water partition coefficient (Wildman–Crippen LogP) is 4.15. The molecule has 0 N–H and O–H groups in total. The van der Waals surface area contributed by atoms with E-state index >= 15 is 0 Å². The van der Waals surface area contributed by atoms with E-state index in [0.29, 0.717) is 12.5 Å². The minimum Gasteiger partial charge on any atom is -0.299 e. The standard InChI is InChI=1S/C22H25FN4/c1-17-5-2-3-7-20(17)15-26-11-9-19(10-12-26)22-16-27(25-24-22)14-18-6-4-8-21(23)13-18/h2-8,13,16,19H,9-12,14-15H2,1H3. The zero-order valence-corrected chi connectivity index (χ0v) is 15.7. The quantitative estimate of drug-likeness (QED) is 0.682. The molecule has 2 heterocycles. The van der Waals surface area contributed by atoms with Crippen molar-refractivity contribution in [2.45, 2.75) is 38.8 Å². The first kappa shape index (κ1) is 17.9. The number of hydrogen-bond acceptors (Lipinski definition) is 3. The molecule has 4 rings (SSSR count). The van der Waals surface area contributed by atoms with Crippen LogP contribution in [0, 0.1) is 12.7 Å². The molecule has 5 heteroatoms. The van der Waals surface area contributed by atoms with Gasteiger partial charge >= 0.3 is 0 Å². The summed E-state index contributed by atoms with van der Waals surface area (Å²) in [4.78, 5) is 2.52. The van der Waals surface area contributed by atoms with Crippen molar-refractivity contribution in [1.29, 1.82) is 0 Å². The highest BCUT2D eigenvalue weighted by Crippen LogP contribution is 2.27. The Balaban J connectivity index is 1.33. The van der Waals surface area contributed by atoms with Crippen molar-refractivity contribution in [2.75, 3.05) is 13.1 Å². The molecule has 0 amide bonds. The lowest BCUT2D eigenvalue weighted by Gasteiger charge is -2.31. The summed E-state index contributed by atoms with van der Waals surface area (Å²) in [7, 11) is 0. The third kappa shape index (κ3) is 4.42. The molecule has 1 saturated heterocycles. The Hall–Kier alpha value is -2.53. The summed E-state index contributed by atoms with van der Waals surface area (Å²) >= 11 is 0. The van der Waals surface area contributed by atoms with Gasteiger partial charge in [-0.05, 0) is 61.7 Å². The highest BCUT2D eigenvalue weighted by Gasteiger charge is 2.23. The molecule has 1 aromatic heterocycles. The van der Waals surface area contributed by atoms with E-state index in [1.807, 2.05) is 16.9 Å². The Labute approximate surface area is 159 Å². The van der Waals surface area contributed by atoms with Gasteiger partial charge in [-0.3, -0.25) is 4.90 Å². The van der Waals surface area contributed by atoms with Crippen LogP contribution in [-0.2, 0) is 13.1 Å². The molecule has 0 radical (unpaired) electrons. The van der Waals surface area contributed by atoms with Crippen molar-refractivity contribution in [3.63, 3.8) is 0 Å². The first-order chi connectivity index (χ1) is 13.2. The highest BCUT2D eigenvalue weighted by atomic mass is 19.1. The number of hydrogen-bond donors (Lipinski definition) is 0. The van der Waals surface area contributed by atoms with Gasteiger partial charge < -0.3 is 0 Å². The highest BCUT2D eigenvalue weighted by molar-refractivity contribution is 5.25. The second kappa shape index (κ2) is 8.01. The monoisotopic (exact) mass is 364 g/mol. The van der Waals surface area contributed by atoms with Crippen LogP contribution in [0.15, 0.2) is 54.7 Å². The van der Waals surface area contributed by atoms with Gasteiger partial charge in [0.25, 0.3) is 0 Å². The molecule has 1 fully saturated rings. The molecule has 1 aliphatic rings. The van der Waals surface area contributed by atoms with Crippen molar-refractivity contribution in [2.24, 2.45) is 0 Å². The molecule has 0 saturated carbocycles. The molecule has 0 bridgehead atoms. The molecule has 0 atom stereocenters. The van der Waals surface area contributed by atoms with Crippen LogP contribution in [0.2, 0.25) is 0 Å². The fraction of sp³-hybridized carbons (Fsp3) is 0.364. The summed E-state index contributed by atoms with van der Waals surface area (Å²) in [5.41, 5.74) is 4.73. The topological polar surface area (TPSA) is 34.0 Å². The fourth-order valence-corrected chi connectivity index (χ4v) is 3.82. The summed E-state index contributed by atoms with van der Waals surface area (Å²) in [6.45, 7) is 5.91. The second-order valence-electron chi connectivity index (χ2n) is 7.45. The van der Waals surface area contributed by atoms with Gasteiger partial charge in [-0.25, -0.2) is 9.07 Å². The molecule has 140 valence electrons. The predicted molar refractivity (Wildman–Crippen MR) is 104 cm³/mol. The molecule has 0 spiro atoms. The molecule has 2 aromatic carbocycles. The van der Waals surface area contributed by atoms with Crippen LogP contribution >= 0.6 is 0 Å². The number of rotatable bonds is 5. The lowest BCUT2D eigenvalue weighted by Crippen LogP contribution is -2.32. The van der Waals surface area contributed by atoms with Crippen LogP contribution in [0.5, 0.6) is 0 Å². The van der Waals surface area contributed by atoms with Crippen LogP contribution in [-0.4, -0.2) is 33.0 Å². The smallest absolute Gasteiger partial charge is 0.123 e. The van der Waals surface area contributed by atoms with Crippen LogP contribution in [0.3, 0.4) is 0 Å². The number of likely N-dealkylation sites (tertiary alicyclic amines) is 1. The van der Waals surface area contributed by atoms with Crippen LogP contribution < -0.4 is 0 Å². The Morgan fingerprint density at radius 3 is 2.63 bits per heavy atom. The Kier molecular flexibility index (Phi) is 5.30. The van der Waals surface area contributed by atoms with Crippen LogP contribution in [0.4, 0.5) is 4.39 Å². The SMILES string of the molecule is Cc1ccccc1CN1CCC(c2cn(Cc3cccc(F)c3)nn2)CC1. The van der Waals surface area contributed by atoms with Crippen LogP contribution in [0.25, 0.3) is 0 Å². The van der Waals surface area contributed by atoms with E-state index in [2.05, 4.69) is 46.4 Å². The third-order valence-electron chi connectivity index (χ3n) is 5.45. The summed E-state index contributed by atoms with van der Waals surface area (Å²) in [5.74, 6) is 0.244. The van der Waals surface area contributed by atoms with Gasteiger partial charge in [-0.2, -0.15) is 0 Å². The molecule has 4 nitrogen and oxygen atoms in total. The van der Waals surface area contributed by atoms with E-state index in [4.69, 9.17) is 0 Å². The first-order valence-corrected chi connectivity index (χ1v) is 9.59. The lowest BCUT2D eigenvalue weighted by atomic mass is 9.93. The van der Waals surface area contributed by atoms with Crippen LogP contribution in [0.1, 0.15) is 41.1 Å². The minimum absolute atomic E-state index is 0.214. The third-order valence-corrected chi connectivity index (χ3v) is 5.45. The normalized spacial score (nSPS) is 15.9. The van der Waals surface area contributed by atoms with Gasteiger partial charge in [-0.1, -0.05) is 41.6 Å².